The number of halogens is 3. The van der Waals surface area contributed by atoms with E-state index in [4.69, 9.17) is 5.73 Å². The lowest BCUT2D eigenvalue weighted by Crippen LogP contribution is -2.43. The second-order valence-electron chi connectivity index (χ2n) is 9.48. The zero-order valence-corrected chi connectivity index (χ0v) is 21.3. The first-order valence-corrected chi connectivity index (χ1v) is 13.7. The van der Waals surface area contributed by atoms with Gasteiger partial charge in [0.25, 0.3) is 5.91 Å². The number of pyridine rings is 2. The van der Waals surface area contributed by atoms with E-state index in [1.54, 1.807) is 0 Å². The van der Waals surface area contributed by atoms with E-state index in [2.05, 4.69) is 20.2 Å². The van der Waals surface area contributed by atoms with Crippen LogP contribution in [-0.2, 0) is 17.2 Å². The average molecular weight is 546 g/mol. The van der Waals surface area contributed by atoms with Crippen molar-refractivity contribution in [2.45, 2.75) is 42.7 Å². The monoisotopic (exact) mass is 545 g/mol. The summed E-state index contributed by atoms with van der Waals surface area (Å²) >= 11 is 0. The lowest BCUT2D eigenvalue weighted by molar-refractivity contribution is 0.102. The first-order chi connectivity index (χ1) is 18.1. The Hall–Kier alpha value is -3.35. The number of aliphatic hydroxyl groups excluding tert-OH is 1. The second kappa shape index (κ2) is 10.4. The molecule has 0 radical (unpaired) electrons. The number of benzene rings is 1. The van der Waals surface area contributed by atoms with Gasteiger partial charge < -0.3 is 21.1 Å². The van der Waals surface area contributed by atoms with Crippen LogP contribution in [0.15, 0.2) is 35.4 Å². The van der Waals surface area contributed by atoms with Crippen molar-refractivity contribution in [2.24, 2.45) is 5.73 Å². The number of carbonyl (C=O) groups is 1. The third-order valence-corrected chi connectivity index (χ3v) is 7.75. The molecule has 0 saturated carbocycles. The maximum atomic E-state index is 14.7. The smallest absolute Gasteiger partial charge is 0.274 e. The van der Waals surface area contributed by atoms with E-state index < -0.39 is 51.5 Å². The summed E-state index contributed by atoms with van der Waals surface area (Å²) in [6, 6.07) is 3.67. The maximum Gasteiger partial charge on any atom is 0.274 e. The summed E-state index contributed by atoms with van der Waals surface area (Å²) in [5.74, 6) is -4.06. The maximum absolute atomic E-state index is 14.7. The van der Waals surface area contributed by atoms with Crippen LogP contribution in [0.2, 0.25) is 0 Å². The number of nitrogens with one attached hydrogen (secondary N) is 1. The Labute approximate surface area is 219 Å². The fourth-order valence-electron chi connectivity index (χ4n) is 5.05. The molecule has 38 heavy (non-hydrogen) atoms. The summed E-state index contributed by atoms with van der Waals surface area (Å²) in [4.78, 5) is 23.5. The topological polar surface area (TPSA) is 121 Å². The van der Waals surface area contributed by atoms with Gasteiger partial charge in [0.05, 0.1) is 34.9 Å². The first kappa shape index (κ1) is 26.3. The van der Waals surface area contributed by atoms with Crippen molar-refractivity contribution in [3.05, 3.63) is 64.9 Å². The highest BCUT2D eigenvalue weighted by atomic mass is 32.2. The van der Waals surface area contributed by atoms with Gasteiger partial charge in [-0.25, -0.2) is 18.2 Å². The molecule has 200 valence electrons. The molecule has 1 amide bonds. The van der Waals surface area contributed by atoms with Gasteiger partial charge in [0.15, 0.2) is 0 Å². The first-order valence-electron chi connectivity index (χ1n) is 12.1. The number of aliphatic hydroxyl groups is 1. The molecule has 12 heteroatoms. The fourth-order valence-corrected chi connectivity index (χ4v) is 5.59. The summed E-state index contributed by atoms with van der Waals surface area (Å²) < 4.78 is 55.8. The van der Waals surface area contributed by atoms with Crippen LogP contribution in [0.25, 0.3) is 11.3 Å². The molecule has 3 heterocycles. The minimum atomic E-state index is -1.66. The molecular formula is C26H26F3N5O3S. The van der Waals surface area contributed by atoms with Gasteiger partial charge in [0.1, 0.15) is 28.8 Å². The van der Waals surface area contributed by atoms with Crippen molar-refractivity contribution in [1.82, 2.24) is 9.97 Å². The van der Waals surface area contributed by atoms with Gasteiger partial charge >= 0.3 is 0 Å². The molecule has 2 aliphatic rings. The third kappa shape index (κ3) is 4.91. The Morgan fingerprint density at radius 1 is 1.18 bits per heavy atom. The van der Waals surface area contributed by atoms with Crippen molar-refractivity contribution in [3.63, 3.8) is 0 Å². The quantitative estimate of drug-likeness (QED) is 0.449. The van der Waals surface area contributed by atoms with Crippen LogP contribution in [0.4, 0.5) is 24.5 Å². The molecule has 3 aromatic rings. The molecule has 1 saturated heterocycles. The lowest BCUT2D eigenvalue weighted by atomic mass is 10.0. The van der Waals surface area contributed by atoms with E-state index in [9.17, 15) is 27.3 Å². The van der Waals surface area contributed by atoms with Crippen LogP contribution in [0.1, 0.15) is 47.1 Å². The molecule has 2 aromatic heterocycles. The van der Waals surface area contributed by atoms with E-state index in [0.717, 1.165) is 48.4 Å². The van der Waals surface area contributed by atoms with Gasteiger partial charge in [0.2, 0.25) is 0 Å². The number of aromatic nitrogens is 2. The van der Waals surface area contributed by atoms with E-state index in [0.29, 0.717) is 37.3 Å². The summed E-state index contributed by atoms with van der Waals surface area (Å²) in [7, 11) is -1.66. The summed E-state index contributed by atoms with van der Waals surface area (Å²) in [5.41, 5.74) is 6.96. The van der Waals surface area contributed by atoms with Crippen molar-refractivity contribution in [2.75, 3.05) is 29.6 Å². The number of hydrogen-bond acceptors (Lipinski definition) is 7. The van der Waals surface area contributed by atoms with Crippen LogP contribution in [-0.4, -0.2) is 50.6 Å². The molecular weight excluding hydrogens is 519 g/mol. The van der Waals surface area contributed by atoms with E-state index in [-0.39, 0.29) is 16.6 Å². The zero-order chi connectivity index (χ0) is 27.1. The molecule has 5 rings (SSSR count). The molecule has 1 aliphatic carbocycles. The molecule has 1 aromatic carbocycles. The second-order valence-corrected chi connectivity index (χ2v) is 10.9. The number of nitrogens with zero attached hydrogens (tertiary/aromatic N) is 3. The summed E-state index contributed by atoms with van der Waals surface area (Å²) in [6.45, 7) is 1.27. The number of hydrogen-bond donors (Lipinski definition) is 3. The number of rotatable bonds is 5. The Balaban J connectivity index is 1.51. The number of piperidine rings is 1. The molecule has 3 unspecified atom stereocenters. The number of fused-ring (bicyclic) bond motifs is 1. The summed E-state index contributed by atoms with van der Waals surface area (Å²) in [6.07, 6.45) is 4.83. The average Bonchev–Trinajstić information content (AvgIpc) is 3.24. The predicted molar refractivity (Wildman–Crippen MR) is 137 cm³/mol. The zero-order valence-electron chi connectivity index (χ0n) is 20.5. The molecule has 4 N–H and O–H groups in total. The van der Waals surface area contributed by atoms with E-state index in [1.165, 1.54) is 12.5 Å². The van der Waals surface area contributed by atoms with Gasteiger partial charge in [-0.05, 0) is 49.9 Å². The largest absolute Gasteiger partial charge is 0.387 e. The molecule has 0 bridgehead atoms. The van der Waals surface area contributed by atoms with Gasteiger partial charge in [-0.3, -0.25) is 14.0 Å². The van der Waals surface area contributed by atoms with Crippen molar-refractivity contribution in [1.29, 1.82) is 0 Å². The molecule has 8 nitrogen and oxygen atoms in total. The van der Waals surface area contributed by atoms with Crippen molar-refractivity contribution >= 4 is 28.1 Å². The molecule has 3 atom stereocenters. The van der Waals surface area contributed by atoms with Crippen molar-refractivity contribution in [3.8, 4) is 11.3 Å². The SMILES string of the molecule is CS(=O)c1cc(F)c(-c2nc(C(=O)Nc3cnc4c(c3N3CCCC(N)C3)CCC4O)ccc2F)c(F)c1. The minimum Gasteiger partial charge on any atom is -0.387 e. The van der Waals surface area contributed by atoms with Gasteiger partial charge in [0, 0.05) is 46.6 Å². The number of anilines is 2. The molecule has 1 aliphatic heterocycles. The highest BCUT2D eigenvalue weighted by Crippen LogP contribution is 2.41. The number of amides is 1. The normalized spacial score (nSPS) is 19.8. The fraction of sp³-hybridized carbons (Fsp3) is 0.346. The van der Waals surface area contributed by atoms with E-state index in [1.807, 2.05) is 0 Å². The van der Waals surface area contributed by atoms with Crippen LogP contribution in [0, 0.1) is 17.5 Å². The third-order valence-electron chi connectivity index (χ3n) is 6.85. The van der Waals surface area contributed by atoms with Crippen molar-refractivity contribution < 1.29 is 27.3 Å². The Morgan fingerprint density at radius 2 is 1.92 bits per heavy atom. The lowest BCUT2D eigenvalue weighted by Gasteiger charge is -2.35. The van der Waals surface area contributed by atoms with E-state index >= 15 is 0 Å². The van der Waals surface area contributed by atoms with Gasteiger partial charge in [-0.15, -0.1) is 0 Å². The Kier molecular flexibility index (Phi) is 7.21. The number of carbonyl (C=O) groups excluding carboxylic acids is 1. The van der Waals surface area contributed by atoms with Crippen LogP contribution < -0.4 is 16.0 Å². The van der Waals surface area contributed by atoms with Crippen LogP contribution in [0.5, 0.6) is 0 Å². The van der Waals surface area contributed by atoms with Crippen LogP contribution >= 0.6 is 0 Å². The van der Waals surface area contributed by atoms with Gasteiger partial charge in [-0.1, -0.05) is 0 Å². The standard InChI is InChI=1S/C26H26F3N5O3S/c1-38(37)14-9-17(28)22(18(29)10-14)24-16(27)5-6-19(32-24)26(36)33-20-11-31-23-15(4-7-21(23)35)25(20)34-8-2-3-13(30)12-34/h5-6,9-11,13,21,35H,2-4,7-8,12,30H2,1H3,(H,33,36). The predicted octanol–water partition coefficient (Wildman–Crippen LogP) is 3.46. The highest BCUT2D eigenvalue weighted by Gasteiger charge is 2.31. The van der Waals surface area contributed by atoms with Crippen LogP contribution in [0.3, 0.4) is 0 Å². The Bertz CT molecular complexity index is 1430. The summed E-state index contributed by atoms with van der Waals surface area (Å²) in [5, 5.41) is 13.1. The molecule has 1 fully saturated rings. The Morgan fingerprint density at radius 3 is 2.61 bits per heavy atom. The highest BCUT2D eigenvalue weighted by molar-refractivity contribution is 7.84. The van der Waals surface area contributed by atoms with Gasteiger partial charge in [-0.2, -0.15) is 0 Å². The number of nitrogens with two attached hydrogens (primary N) is 1. The molecule has 0 spiro atoms. The minimum absolute atomic E-state index is 0.0508.